The van der Waals surface area contributed by atoms with Gasteiger partial charge in [-0.1, -0.05) is 61.5 Å². The third kappa shape index (κ3) is 3.34. The fraction of sp³-hybridized carbons (Fsp3) is 0.320. The first kappa shape index (κ1) is 20.3. The van der Waals surface area contributed by atoms with Crippen molar-refractivity contribution < 1.29 is 0 Å². The lowest BCUT2D eigenvalue weighted by molar-refractivity contribution is 0.435. The fourth-order valence-electron chi connectivity index (χ4n) is 4.64. The lowest BCUT2D eigenvalue weighted by Crippen LogP contribution is -2.41. The van der Waals surface area contributed by atoms with Gasteiger partial charge in [-0.15, -0.1) is 0 Å². The van der Waals surface area contributed by atoms with Crippen LogP contribution in [0, 0.1) is 12.8 Å². The van der Waals surface area contributed by atoms with Crippen molar-refractivity contribution >= 4 is 17.1 Å². The average Bonchev–Trinajstić information content (AvgIpc) is 3.17. The molecule has 7 nitrogen and oxygen atoms in total. The standard InChI is InChI=1S/C25H27N5O2/c1-17-13-28(15-19-10-5-4-6-11-19)24-26-22-21(29(24)14-17)23(31)30(25(32)27(22)3)16-20-12-8-7-9-18(20)2/h4-12,17H,13-16H2,1-3H3/t17-/m1/s1. The first-order valence-corrected chi connectivity index (χ1v) is 11.0. The van der Waals surface area contributed by atoms with E-state index in [1.165, 1.54) is 14.7 Å². The van der Waals surface area contributed by atoms with E-state index in [0.29, 0.717) is 30.2 Å². The maximum absolute atomic E-state index is 13.6. The molecule has 1 aliphatic rings. The molecule has 0 radical (unpaired) electrons. The zero-order chi connectivity index (χ0) is 22.4. The van der Waals surface area contributed by atoms with E-state index >= 15 is 0 Å². The van der Waals surface area contributed by atoms with Gasteiger partial charge in [-0.25, -0.2) is 4.79 Å². The summed E-state index contributed by atoms with van der Waals surface area (Å²) in [6, 6.07) is 18.1. The molecule has 0 fully saturated rings. The van der Waals surface area contributed by atoms with Gasteiger partial charge in [0.1, 0.15) is 0 Å². The quantitative estimate of drug-likeness (QED) is 0.500. The molecular weight excluding hydrogens is 402 g/mol. The van der Waals surface area contributed by atoms with E-state index in [1.54, 1.807) is 7.05 Å². The van der Waals surface area contributed by atoms with Crippen LogP contribution >= 0.6 is 0 Å². The van der Waals surface area contributed by atoms with Gasteiger partial charge in [0.05, 0.1) is 6.54 Å². The highest BCUT2D eigenvalue weighted by atomic mass is 16.2. The van der Waals surface area contributed by atoms with Gasteiger partial charge in [-0.3, -0.25) is 13.9 Å². The SMILES string of the molecule is Cc1ccccc1Cn1c(=O)c2c(nc3n2C[C@H](C)CN3Cc2ccccc2)n(C)c1=O. The monoisotopic (exact) mass is 429 g/mol. The Morgan fingerprint density at radius 2 is 1.69 bits per heavy atom. The lowest BCUT2D eigenvalue weighted by atomic mass is 10.1. The van der Waals surface area contributed by atoms with E-state index < -0.39 is 0 Å². The highest BCUT2D eigenvalue weighted by Crippen LogP contribution is 2.28. The molecular formula is C25H27N5O2. The zero-order valence-electron chi connectivity index (χ0n) is 18.7. The van der Waals surface area contributed by atoms with Gasteiger partial charge in [0.25, 0.3) is 5.56 Å². The predicted molar refractivity (Wildman–Crippen MR) is 126 cm³/mol. The van der Waals surface area contributed by atoms with Crippen LogP contribution in [0.2, 0.25) is 0 Å². The molecule has 4 aromatic rings. The van der Waals surface area contributed by atoms with E-state index in [2.05, 4.69) is 24.0 Å². The molecule has 2 aromatic heterocycles. The van der Waals surface area contributed by atoms with Gasteiger partial charge >= 0.3 is 5.69 Å². The number of anilines is 1. The van der Waals surface area contributed by atoms with Crippen LogP contribution in [-0.2, 0) is 26.7 Å². The van der Waals surface area contributed by atoms with Crippen molar-refractivity contribution in [3.05, 3.63) is 92.1 Å². The van der Waals surface area contributed by atoms with Crippen molar-refractivity contribution in [2.24, 2.45) is 13.0 Å². The molecule has 5 rings (SSSR count). The largest absolute Gasteiger partial charge is 0.338 e. The highest BCUT2D eigenvalue weighted by molar-refractivity contribution is 5.75. The van der Waals surface area contributed by atoms with Crippen molar-refractivity contribution in [3.8, 4) is 0 Å². The summed E-state index contributed by atoms with van der Waals surface area (Å²) in [5, 5.41) is 0. The Hall–Kier alpha value is -3.61. The highest BCUT2D eigenvalue weighted by Gasteiger charge is 2.29. The number of rotatable bonds is 4. The van der Waals surface area contributed by atoms with Crippen LogP contribution in [-0.4, -0.2) is 25.2 Å². The van der Waals surface area contributed by atoms with Crippen LogP contribution < -0.4 is 16.1 Å². The van der Waals surface area contributed by atoms with Gasteiger partial charge in [0, 0.05) is 26.7 Å². The summed E-state index contributed by atoms with van der Waals surface area (Å²) >= 11 is 0. The van der Waals surface area contributed by atoms with Crippen LogP contribution in [0.25, 0.3) is 11.2 Å². The Morgan fingerprint density at radius 3 is 2.44 bits per heavy atom. The second-order valence-electron chi connectivity index (χ2n) is 8.83. The second kappa shape index (κ2) is 7.82. The number of aromatic nitrogens is 4. The van der Waals surface area contributed by atoms with Crippen molar-refractivity contribution in [2.75, 3.05) is 11.4 Å². The minimum absolute atomic E-state index is 0.248. The van der Waals surface area contributed by atoms with Gasteiger partial charge in [-0.2, -0.15) is 4.98 Å². The normalized spacial score (nSPS) is 15.8. The van der Waals surface area contributed by atoms with E-state index in [1.807, 2.05) is 54.0 Å². The third-order valence-electron chi connectivity index (χ3n) is 6.33. The number of aryl methyl sites for hydroxylation is 2. The molecule has 164 valence electrons. The third-order valence-corrected chi connectivity index (χ3v) is 6.33. The summed E-state index contributed by atoms with van der Waals surface area (Å²) in [5.74, 6) is 1.10. The summed E-state index contributed by atoms with van der Waals surface area (Å²) in [5.41, 5.74) is 3.53. The molecule has 0 saturated heterocycles. The molecule has 3 heterocycles. The smallest absolute Gasteiger partial charge is 0.332 e. The topological polar surface area (TPSA) is 65.1 Å². The van der Waals surface area contributed by atoms with Gasteiger partial charge in [0.2, 0.25) is 5.95 Å². The molecule has 1 aliphatic heterocycles. The molecule has 32 heavy (non-hydrogen) atoms. The number of nitrogens with zero attached hydrogens (tertiary/aromatic N) is 5. The number of hydrogen-bond donors (Lipinski definition) is 0. The van der Waals surface area contributed by atoms with Gasteiger partial charge in [-0.05, 0) is 29.5 Å². The molecule has 0 bridgehead atoms. The number of imidazole rings is 1. The molecule has 0 N–H and O–H groups in total. The van der Waals surface area contributed by atoms with Crippen LogP contribution in [0.3, 0.4) is 0 Å². The molecule has 0 spiro atoms. The zero-order valence-corrected chi connectivity index (χ0v) is 18.7. The summed E-state index contributed by atoms with van der Waals surface area (Å²) in [6.45, 7) is 6.68. The minimum atomic E-state index is -0.344. The molecule has 2 aromatic carbocycles. The van der Waals surface area contributed by atoms with Crippen molar-refractivity contribution in [2.45, 2.75) is 33.5 Å². The van der Waals surface area contributed by atoms with Gasteiger partial charge < -0.3 is 9.47 Å². The first-order chi connectivity index (χ1) is 15.4. The molecule has 1 atom stereocenters. The Labute approximate surface area is 186 Å². The molecule has 7 heteroatoms. The summed E-state index contributed by atoms with van der Waals surface area (Å²) in [4.78, 5) is 33.7. The average molecular weight is 430 g/mol. The van der Waals surface area contributed by atoms with Crippen molar-refractivity contribution in [1.82, 2.24) is 18.7 Å². The van der Waals surface area contributed by atoms with E-state index in [9.17, 15) is 9.59 Å². The number of hydrogen-bond acceptors (Lipinski definition) is 4. The molecule has 0 aliphatic carbocycles. The molecule has 0 unspecified atom stereocenters. The summed E-state index contributed by atoms with van der Waals surface area (Å²) in [7, 11) is 1.70. The van der Waals surface area contributed by atoms with E-state index in [4.69, 9.17) is 4.98 Å². The fourth-order valence-corrected chi connectivity index (χ4v) is 4.64. The Bertz CT molecular complexity index is 1410. The van der Waals surface area contributed by atoms with Crippen molar-refractivity contribution in [3.63, 3.8) is 0 Å². The summed E-state index contributed by atoms with van der Waals surface area (Å²) < 4.78 is 4.84. The van der Waals surface area contributed by atoms with Gasteiger partial charge in [0.15, 0.2) is 11.2 Å². The maximum Gasteiger partial charge on any atom is 0.332 e. The van der Waals surface area contributed by atoms with Crippen LogP contribution in [0.15, 0.2) is 64.2 Å². The Balaban J connectivity index is 1.67. The Kier molecular flexibility index (Phi) is 4.96. The van der Waals surface area contributed by atoms with E-state index in [0.717, 1.165) is 23.6 Å². The Morgan fingerprint density at radius 1 is 0.969 bits per heavy atom. The maximum atomic E-state index is 13.6. The molecule has 0 saturated carbocycles. The summed E-state index contributed by atoms with van der Waals surface area (Å²) in [6.07, 6.45) is 0. The van der Waals surface area contributed by atoms with E-state index in [-0.39, 0.29) is 17.8 Å². The minimum Gasteiger partial charge on any atom is -0.338 e. The van der Waals surface area contributed by atoms with Crippen LogP contribution in [0.1, 0.15) is 23.6 Å². The molecule has 0 amide bonds. The first-order valence-electron chi connectivity index (χ1n) is 11.0. The number of benzene rings is 2. The lowest BCUT2D eigenvalue weighted by Gasteiger charge is -2.33. The predicted octanol–water partition coefficient (Wildman–Crippen LogP) is 2.91. The number of fused-ring (bicyclic) bond motifs is 3. The van der Waals surface area contributed by atoms with Crippen LogP contribution in [0.5, 0.6) is 0 Å². The van der Waals surface area contributed by atoms with Crippen molar-refractivity contribution in [1.29, 1.82) is 0 Å². The van der Waals surface area contributed by atoms with Crippen LogP contribution in [0.4, 0.5) is 5.95 Å². The second-order valence-corrected chi connectivity index (χ2v) is 8.83.